The van der Waals surface area contributed by atoms with E-state index < -0.39 is 0 Å². The summed E-state index contributed by atoms with van der Waals surface area (Å²) in [6.45, 7) is 4.10. The van der Waals surface area contributed by atoms with E-state index in [1.807, 2.05) is 17.9 Å². The van der Waals surface area contributed by atoms with Crippen LogP contribution in [0.2, 0.25) is 0 Å². The minimum absolute atomic E-state index is 0.0655. The Morgan fingerprint density at radius 2 is 2.08 bits per heavy atom. The summed E-state index contributed by atoms with van der Waals surface area (Å²) in [7, 11) is 0. The fourth-order valence-electron chi connectivity index (χ4n) is 3.69. The number of hydrogen-bond donors (Lipinski definition) is 0. The third-order valence-electron chi connectivity index (χ3n) is 5.37. The Morgan fingerprint density at radius 3 is 2.77 bits per heavy atom. The van der Waals surface area contributed by atoms with Gasteiger partial charge in [-0.05, 0) is 44.1 Å². The lowest BCUT2D eigenvalue weighted by Crippen LogP contribution is -2.47. The summed E-state index contributed by atoms with van der Waals surface area (Å²) < 4.78 is 11.4. The summed E-state index contributed by atoms with van der Waals surface area (Å²) >= 11 is 0. The molecule has 1 saturated heterocycles. The summed E-state index contributed by atoms with van der Waals surface area (Å²) in [6, 6.07) is 12.2. The van der Waals surface area contributed by atoms with Crippen LogP contribution in [0.5, 0.6) is 0 Å². The van der Waals surface area contributed by atoms with E-state index in [0.29, 0.717) is 24.8 Å². The standard InChI is InChI=1S/C21H26N2O3/c1-15-11-20(26-22-15)21(24)23-10-9-19(25-14-17-7-8-17)18(13-23)12-16-5-3-2-4-6-16/h2-6,11,17-19H,7-10,12-14H2,1H3/t18-,19-/m0/s1. The Bertz CT molecular complexity index is 739. The van der Waals surface area contributed by atoms with Gasteiger partial charge in [0.2, 0.25) is 5.76 Å². The first-order valence-corrected chi connectivity index (χ1v) is 9.57. The Morgan fingerprint density at radius 1 is 1.27 bits per heavy atom. The van der Waals surface area contributed by atoms with E-state index in [0.717, 1.165) is 31.1 Å². The van der Waals surface area contributed by atoms with Crippen molar-refractivity contribution in [2.75, 3.05) is 19.7 Å². The van der Waals surface area contributed by atoms with E-state index in [1.165, 1.54) is 18.4 Å². The zero-order valence-corrected chi connectivity index (χ0v) is 15.3. The van der Waals surface area contributed by atoms with Crippen LogP contribution in [-0.2, 0) is 11.2 Å². The number of amides is 1. The number of nitrogens with zero attached hydrogens (tertiary/aromatic N) is 2. The molecule has 2 aromatic rings. The molecule has 0 spiro atoms. The zero-order valence-electron chi connectivity index (χ0n) is 15.3. The maximum absolute atomic E-state index is 12.7. The number of benzene rings is 1. The average molecular weight is 354 g/mol. The number of carbonyl (C=O) groups excluding carboxylic acids is 1. The molecule has 4 rings (SSSR count). The lowest BCUT2D eigenvalue weighted by atomic mass is 9.88. The van der Waals surface area contributed by atoms with Crippen molar-refractivity contribution in [1.29, 1.82) is 0 Å². The smallest absolute Gasteiger partial charge is 0.292 e. The van der Waals surface area contributed by atoms with Crippen LogP contribution in [0.25, 0.3) is 0 Å². The molecular weight excluding hydrogens is 328 g/mol. The summed E-state index contributed by atoms with van der Waals surface area (Å²) in [5.41, 5.74) is 2.03. The van der Waals surface area contributed by atoms with E-state index in [1.54, 1.807) is 6.07 Å². The number of aryl methyl sites for hydroxylation is 1. The van der Waals surface area contributed by atoms with Gasteiger partial charge in [0.05, 0.1) is 11.8 Å². The summed E-state index contributed by atoms with van der Waals surface area (Å²) in [4.78, 5) is 14.6. The number of likely N-dealkylation sites (tertiary alicyclic amines) is 1. The maximum Gasteiger partial charge on any atom is 0.292 e. The molecule has 0 radical (unpaired) electrons. The van der Waals surface area contributed by atoms with E-state index in [9.17, 15) is 4.79 Å². The SMILES string of the molecule is Cc1cc(C(=O)N2CC[C@H](OCC3CC3)[C@@H](Cc3ccccc3)C2)on1. The summed E-state index contributed by atoms with van der Waals surface area (Å²) in [5, 5.41) is 3.84. The van der Waals surface area contributed by atoms with Gasteiger partial charge in [-0.3, -0.25) is 4.79 Å². The Kier molecular flexibility index (Phi) is 5.07. The molecule has 2 fully saturated rings. The highest BCUT2D eigenvalue weighted by atomic mass is 16.5. The van der Waals surface area contributed by atoms with Crippen molar-refractivity contribution in [3.63, 3.8) is 0 Å². The van der Waals surface area contributed by atoms with Crippen LogP contribution in [0.4, 0.5) is 0 Å². The molecule has 2 heterocycles. The van der Waals surface area contributed by atoms with Crippen LogP contribution in [0.1, 0.15) is 41.1 Å². The number of aromatic nitrogens is 1. The monoisotopic (exact) mass is 354 g/mol. The minimum Gasteiger partial charge on any atom is -0.377 e. The first kappa shape index (κ1) is 17.3. The molecular formula is C21H26N2O3. The lowest BCUT2D eigenvalue weighted by molar-refractivity contribution is -0.0332. The number of rotatable bonds is 6. The number of carbonyl (C=O) groups is 1. The van der Waals surface area contributed by atoms with Gasteiger partial charge in [0.15, 0.2) is 0 Å². The highest BCUT2D eigenvalue weighted by Crippen LogP contribution is 2.32. The van der Waals surface area contributed by atoms with Crippen LogP contribution < -0.4 is 0 Å². The topological polar surface area (TPSA) is 55.6 Å². The predicted molar refractivity (Wildman–Crippen MR) is 97.9 cm³/mol. The minimum atomic E-state index is -0.0655. The van der Waals surface area contributed by atoms with Gasteiger partial charge in [0.1, 0.15) is 0 Å². The fraction of sp³-hybridized carbons (Fsp3) is 0.524. The van der Waals surface area contributed by atoms with Crippen molar-refractivity contribution in [2.24, 2.45) is 11.8 Å². The second-order valence-electron chi connectivity index (χ2n) is 7.64. The fourth-order valence-corrected chi connectivity index (χ4v) is 3.69. The second kappa shape index (κ2) is 7.62. The molecule has 1 amide bonds. The number of ether oxygens (including phenoxy) is 1. The Balaban J connectivity index is 1.45. The molecule has 5 nitrogen and oxygen atoms in total. The molecule has 5 heteroatoms. The largest absolute Gasteiger partial charge is 0.377 e. The van der Waals surface area contributed by atoms with Gasteiger partial charge >= 0.3 is 0 Å². The van der Waals surface area contributed by atoms with Crippen molar-refractivity contribution >= 4 is 5.91 Å². The highest BCUT2D eigenvalue weighted by molar-refractivity contribution is 5.91. The molecule has 1 aromatic heterocycles. The van der Waals surface area contributed by atoms with Crippen LogP contribution in [0.15, 0.2) is 40.9 Å². The Hall–Kier alpha value is -2.14. The molecule has 1 saturated carbocycles. The van der Waals surface area contributed by atoms with E-state index >= 15 is 0 Å². The average Bonchev–Trinajstić information content (AvgIpc) is 3.39. The third kappa shape index (κ3) is 4.15. The van der Waals surface area contributed by atoms with Crippen molar-refractivity contribution in [2.45, 2.75) is 38.7 Å². The quantitative estimate of drug-likeness (QED) is 0.797. The molecule has 1 aliphatic heterocycles. The molecule has 0 bridgehead atoms. The van der Waals surface area contributed by atoms with E-state index in [4.69, 9.17) is 9.26 Å². The van der Waals surface area contributed by atoms with Gasteiger partial charge in [-0.25, -0.2) is 0 Å². The maximum atomic E-state index is 12.7. The van der Waals surface area contributed by atoms with Crippen molar-refractivity contribution < 1.29 is 14.1 Å². The first-order valence-electron chi connectivity index (χ1n) is 9.57. The molecule has 0 N–H and O–H groups in total. The highest BCUT2D eigenvalue weighted by Gasteiger charge is 2.35. The van der Waals surface area contributed by atoms with Crippen molar-refractivity contribution in [1.82, 2.24) is 10.1 Å². The second-order valence-corrected chi connectivity index (χ2v) is 7.64. The summed E-state index contributed by atoms with van der Waals surface area (Å²) in [5.74, 6) is 1.32. The number of piperidine rings is 1. The van der Waals surface area contributed by atoms with Crippen LogP contribution >= 0.6 is 0 Å². The molecule has 138 valence electrons. The first-order chi connectivity index (χ1) is 12.7. The number of hydrogen-bond acceptors (Lipinski definition) is 4. The molecule has 2 atom stereocenters. The van der Waals surface area contributed by atoms with Crippen LogP contribution in [0.3, 0.4) is 0 Å². The Labute approximate surface area is 154 Å². The van der Waals surface area contributed by atoms with E-state index in [2.05, 4.69) is 29.4 Å². The molecule has 0 unspecified atom stereocenters. The van der Waals surface area contributed by atoms with Crippen molar-refractivity contribution in [3.05, 3.63) is 53.4 Å². The van der Waals surface area contributed by atoms with Crippen LogP contribution in [0, 0.1) is 18.8 Å². The van der Waals surface area contributed by atoms with Gasteiger partial charge in [0, 0.05) is 31.7 Å². The van der Waals surface area contributed by atoms with Crippen LogP contribution in [-0.4, -0.2) is 41.8 Å². The van der Waals surface area contributed by atoms with Gasteiger partial charge in [-0.2, -0.15) is 0 Å². The molecule has 1 aliphatic carbocycles. The third-order valence-corrected chi connectivity index (χ3v) is 5.37. The lowest BCUT2D eigenvalue weighted by Gasteiger charge is -2.38. The summed E-state index contributed by atoms with van der Waals surface area (Å²) in [6.07, 6.45) is 4.62. The van der Waals surface area contributed by atoms with Gasteiger partial charge in [0.25, 0.3) is 5.91 Å². The van der Waals surface area contributed by atoms with E-state index in [-0.39, 0.29) is 12.0 Å². The zero-order chi connectivity index (χ0) is 17.9. The van der Waals surface area contributed by atoms with Crippen molar-refractivity contribution in [3.8, 4) is 0 Å². The molecule has 26 heavy (non-hydrogen) atoms. The van der Waals surface area contributed by atoms with Gasteiger partial charge in [-0.1, -0.05) is 35.5 Å². The van der Waals surface area contributed by atoms with Gasteiger partial charge in [-0.15, -0.1) is 0 Å². The predicted octanol–water partition coefficient (Wildman–Crippen LogP) is 3.48. The van der Waals surface area contributed by atoms with Gasteiger partial charge < -0.3 is 14.2 Å². The molecule has 2 aliphatic rings. The normalized spacial score (nSPS) is 23.2. The molecule has 1 aromatic carbocycles.